The molecular weight excluding hydrogens is 493 g/mol. The summed E-state index contributed by atoms with van der Waals surface area (Å²) >= 11 is 12.4. The summed E-state index contributed by atoms with van der Waals surface area (Å²) in [6.07, 6.45) is 6.02. The quantitative estimate of drug-likeness (QED) is 0.294. The summed E-state index contributed by atoms with van der Waals surface area (Å²) in [4.78, 5) is 25.7. The van der Waals surface area contributed by atoms with Crippen molar-refractivity contribution in [3.8, 4) is 0 Å². The van der Waals surface area contributed by atoms with E-state index in [0.717, 1.165) is 18.5 Å². The normalized spacial score (nSPS) is 16.5. The van der Waals surface area contributed by atoms with Crippen LogP contribution in [0.3, 0.4) is 0 Å². The van der Waals surface area contributed by atoms with Crippen molar-refractivity contribution < 1.29 is 14.3 Å². The van der Waals surface area contributed by atoms with E-state index in [4.69, 9.17) is 27.9 Å². The number of carbonyl (C=O) groups is 2. The zero-order valence-corrected chi connectivity index (χ0v) is 21.3. The molecule has 12 heteroatoms. The third-order valence-electron chi connectivity index (χ3n) is 5.25. The Morgan fingerprint density at radius 1 is 1.26 bits per heavy atom. The second-order valence-electron chi connectivity index (χ2n) is 9.46. The summed E-state index contributed by atoms with van der Waals surface area (Å²) in [5.41, 5.74) is 6.78. The summed E-state index contributed by atoms with van der Waals surface area (Å²) in [6, 6.07) is 6.62. The number of aromatic nitrogens is 2. The first kappa shape index (κ1) is 25.3. The molecule has 0 saturated heterocycles. The zero-order valence-electron chi connectivity index (χ0n) is 19.8. The summed E-state index contributed by atoms with van der Waals surface area (Å²) in [7, 11) is 0. The number of hydrogen-bond donors (Lipinski definition) is 4. The second kappa shape index (κ2) is 10.4. The molecule has 1 aliphatic heterocycles. The molecule has 2 aromatic rings. The smallest absolute Gasteiger partial charge is 0.324 e. The Balaban J connectivity index is 1.43. The number of rotatable bonds is 9. The molecule has 1 fully saturated rings. The highest BCUT2D eigenvalue weighted by Crippen LogP contribution is 2.34. The summed E-state index contributed by atoms with van der Waals surface area (Å²) in [5, 5.41) is 12.8. The lowest BCUT2D eigenvalue weighted by atomic mass is 10.1. The average Bonchev–Trinajstić information content (AvgIpc) is 3.37. The Hall–Kier alpha value is -2.79. The highest BCUT2D eigenvalue weighted by molar-refractivity contribution is 6.32. The van der Waals surface area contributed by atoms with Crippen molar-refractivity contribution in [1.82, 2.24) is 26.1 Å². The van der Waals surface area contributed by atoms with Gasteiger partial charge in [-0.3, -0.25) is 19.6 Å². The molecule has 0 radical (unpaired) electrons. The molecule has 4 rings (SSSR count). The van der Waals surface area contributed by atoms with Gasteiger partial charge >= 0.3 is 5.97 Å². The molecule has 188 valence electrons. The van der Waals surface area contributed by atoms with Crippen LogP contribution in [0.4, 0.5) is 11.4 Å². The van der Waals surface area contributed by atoms with Crippen LogP contribution in [0.25, 0.3) is 0 Å². The summed E-state index contributed by atoms with van der Waals surface area (Å²) in [5.74, 6) is -0.809. The van der Waals surface area contributed by atoms with Gasteiger partial charge in [-0.1, -0.05) is 23.2 Å². The molecule has 2 heterocycles. The van der Waals surface area contributed by atoms with E-state index in [9.17, 15) is 9.59 Å². The standard InChI is InChI=1S/C23H29Cl2N7O3/c1-23(2,3)35-22(34)18(11-15-8-9-31(29-15)16-5-6-16)26-13-21(33)28-17-10-14(24)4-7-19(17)32-20(25)12-27-30-32/h4,7-10,12,16,18,26-27,30H,5-6,11,13H2,1-3H3,(H,28,33). The largest absolute Gasteiger partial charge is 0.459 e. The lowest BCUT2D eigenvalue weighted by Gasteiger charge is -2.24. The number of hydrazine groups is 2. The van der Waals surface area contributed by atoms with Gasteiger partial charge in [0.05, 0.1) is 35.9 Å². The predicted octanol–water partition coefficient (Wildman–Crippen LogP) is 3.22. The Kier molecular flexibility index (Phi) is 7.56. The minimum atomic E-state index is -0.747. The summed E-state index contributed by atoms with van der Waals surface area (Å²) in [6.45, 7) is 5.28. The van der Waals surface area contributed by atoms with Crippen LogP contribution in [0.5, 0.6) is 0 Å². The van der Waals surface area contributed by atoms with Crippen molar-refractivity contribution in [3.05, 3.63) is 52.5 Å². The number of carbonyl (C=O) groups excluding carboxylic acids is 2. The van der Waals surface area contributed by atoms with E-state index < -0.39 is 17.6 Å². The maximum atomic E-state index is 12.9. The maximum absolute atomic E-state index is 12.9. The number of amides is 1. The molecule has 1 amide bonds. The van der Waals surface area contributed by atoms with Gasteiger partial charge < -0.3 is 15.5 Å². The van der Waals surface area contributed by atoms with Crippen molar-refractivity contribution >= 4 is 46.5 Å². The van der Waals surface area contributed by atoms with Gasteiger partial charge in [0.25, 0.3) is 0 Å². The van der Waals surface area contributed by atoms with Crippen molar-refractivity contribution in [2.75, 3.05) is 16.9 Å². The van der Waals surface area contributed by atoms with Crippen LogP contribution in [0, 0.1) is 0 Å². The van der Waals surface area contributed by atoms with E-state index in [-0.39, 0.29) is 12.5 Å². The molecule has 1 unspecified atom stereocenters. The van der Waals surface area contributed by atoms with E-state index >= 15 is 0 Å². The lowest BCUT2D eigenvalue weighted by Crippen LogP contribution is -2.45. The van der Waals surface area contributed by atoms with E-state index in [1.54, 1.807) is 50.2 Å². The fourth-order valence-electron chi connectivity index (χ4n) is 3.51. The van der Waals surface area contributed by atoms with Crippen LogP contribution < -0.4 is 26.6 Å². The molecule has 2 aliphatic rings. The first-order valence-corrected chi connectivity index (χ1v) is 12.1. The third kappa shape index (κ3) is 6.88. The first-order chi connectivity index (χ1) is 16.6. The Labute approximate surface area is 213 Å². The van der Waals surface area contributed by atoms with Crippen molar-refractivity contribution in [2.24, 2.45) is 0 Å². The number of hydrogen-bond acceptors (Lipinski definition) is 8. The molecule has 35 heavy (non-hydrogen) atoms. The van der Waals surface area contributed by atoms with Crippen molar-refractivity contribution in [1.29, 1.82) is 0 Å². The van der Waals surface area contributed by atoms with Gasteiger partial charge in [0.1, 0.15) is 16.8 Å². The molecular formula is C23H29Cl2N7O3. The number of halogens is 2. The van der Waals surface area contributed by atoms with Crippen LogP contribution >= 0.6 is 23.2 Å². The Morgan fingerprint density at radius 3 is 2.69 bits per heavy atom. The number of esters is 1. The average molecular weight is 522 g/mol. The third-order valence-corrected chi connectivity index (χ3v) is 5.77. The molecule has 1 saturated carbocycles. The minimum Gasteiger partial charge on any atom is -0.459 e. The topological polar surface area (TPSA) is 113 Å². The molecule has 0 bridgehead atoms. The van der Waals surface area contributed by atoms with E-state index in [0.29, 0.717) is 34.0 Å². The lowest BCUT2D eigenvalue weighted by molar-refractivity contribution is -0.157. The van der Waals surface area contributed by atoms with Gasteiger partial charge in [-0.25, -0.2) is 5.01 Å². The number of anilines is 2. The number of ether oxygens (including phenoxy) is 1. The van der Waals surface area contributed by atoms with Crippen LogP contribution in [-0.4, -0.2) is 39.8 Å². The SMILES string of the molecule is CC(C)(C)OC(=O)C(Cc1ccn(C2CC2)n1)NCC(=O)Nc1cc(Cl)ccc1N1NNC=C1Cl. The van der Waals surface area contributed by atoms with Crippen LogP contribution in [0.2, 0.25) is 5.02 Å². The molecule has 1 atom stereocenters. The Morgan fingerprint density at radius 2 is 2.03 bits per heavy atom. The van der Waals surface area contributed by atoms with Gasteiger partial charge in [0.15, 0.2) is 0 Å². The van der Waals surface area contributed by atoms with Crippen molar-refractivity contribution in [3.63, 3.8) is 0 Å². The van der Waals surface area contributed by atoms with E-state index in [1.165, 1.54) is 0 Å². The molecule has 10 nitrogen and oxygen atoms in total. The van der Waals surface area contributed by atoms with Gasteiger partial charge in [0, 0.05) is 17.6 Å². The number of nitrogens with one attached hydrogen (secondary N) is 4. The molecule has 1 aromatic carbocycles. The Bertz CT molecular complexity index is 1120. The van der Waals surface area contributed by atoms with Crippen LogP contribution in [0.1, 0.15) is 45.3 Å². The second-order valence-corrected chi connectivity index (χ2v) is 10.3. The van der Waals surface area contributed by atoms with Gasteiger partial charge in [-0.2, -0.15) is 5.10 Å². The molecule has 4 N–H and O–H groups in total. The molecule has 1 aliphatic carbocycles. The van der Waals surface area contributed by atoms with Crippen LogP contribution in [-0.2, 0) is 20.7 Å². The van der Waals surface area contributed by atoms with Gasteiger partial charge in [-0.15, -0.1) is 5.53 Å². The van der Waals surface area contributed by atoms with E-state index in [1.807, 2.05) is 16.9 Å². The zero-order chi connectivity index (χ0) is 25.2. The van der Waals surface area contributed by atoms with Gasteiger partial charge in [-0.05, 0) is 57.9 Å². The predicted molar refractivity (Wildman–Crippen MR) is 135 cm³/mol. The minimum absolute atomic E-state index is 0.131. The highest BCUT2D eigenvalue weighted by atomic mass is 35.5. The maximum Gasteiger partial charge on any atom is 0.324 e. The number of nitrogens with zero attached hydrogens (tertiary/aromatic N) is 3. The molecule has 0 spiro atoms. The molecule has 1 aromatic heterocycles. The van der Waals surface area contributed by atoms with Crippen LogP contribution in [0.15, 0.2) is 41.8 Å². The monoisotopic (exact) mass is 521 g/mol. The first-order valence-electron chi connectivity index (χ1n) is 11.4. The van der Waals surface area contributed by atoms with Gasteiger partial charge in [0.2, 0.25) is 5.91 Å². The van der Waals surface area contributed by atoms with E-state index in [2.05, 4.69) is 26.7 Å². The fourth-order valence-corrected chi connectivity index (χ4v) is 3.87. The summed E-state index contributed by atoms with van der Waals surface area (Å²) < 4.78 is 7.50. The fraction of sp³-hybridized carbons (Fsp3) is 0.435. The highest BCUT2D eigenvalue weighted by Gasteiger charge is 2.29. The number of benzene rings is 1. The van der Waals surface area contributed by atoms with Crippen molar-refractivity contribution in [2.45, 2.75) is 57.7 Å².